The molecule has 0 bridgehead atoms. The number of rotatable bonds is 4. The summed E-state index contributed by atoms with van der Waals surface area (Å²) in [5.41, 5.74) is 1.07. The molecule has 0 heterocycles. The molecule has 0 aliphatic rings. The fourth-order valence-electron chi connectivity index (χ4n) is 1.20. The van der Waals surface area contributed by atoms with Gasteiger partial charge in [-0.05, 0) is 18.6 Å². The maximum Gasteiger partial charge on any atom is 0.189 e. The van der Waals surface area contributed by atoms with Gasteiger partial charge in [0, 0.05) is 6.54 Å². The van der Waals surface area contributed by atoms with Crippen LogP contribution in [0.1, 0.15) is 13.3 Å². The Labute approximate surface area is 83.0 Å². The number of nitrogens with zero attached hydrogens (tertiary/aromatic N) is 1. The average molecular weight is 192 g/mol. The van der Waals surface area contributed by atoms with E-state index in [2.05, 4.69) is 17.3 Å². The van der Waals surface area contributed by atoms with E-state index in [0.29, 0.717) is 0 Å². The van der Waals surface area contributed by atoms with Crippen LogP contribution in [-0.4, -0.2) is 24.1 Å². The molecule has 1 aromatic rings. The van der Waals surface area contributed by atoms with Crippen LogP contribution in [0.15, 0.2) is 24.3 Å². The molecule has 0 spiro atoms. The first-order valence-corrected chi connectivity index (χ1v) is 4.86. The van der Waals surface area contributed by atoms with Crippen molar-refractivity contribution in [1.82, 2.24) is 0 Å². The van der Waals surface area contributed by atoms with Crippen LogP contribution < -0.4 is 9.30 Å². The summed E-state index contributed by atoms with van der Waals surface area (Å²) in [5.74, 6) is 0.894. The molecule has 13 heavy (non-hydrogen) atoms. The average Bonchev–Trinajstić information content (AvgIpc) is 2.18. The zero-order chi connectivity index (χ0) is 9.68. The Morgan fingerprint density at radius 2 is 2.08 bits per heavy atom. The van der Waals surface area contributed by atoms with E-state index in [0.717, 1.165) is 24.4 Å². The van der Waals surface area contributed by atoms with Crippen molar-refractivity contribution in [2.24, 2.45) is 0 Å². The number of ether oxygens (including phenoxy) is 1. The molecule has 0 saturated carbocycles. The van der Waals surface area contributed by atoms with E-state index >= 15 is 0 Å². The molecule has 3 heteroatoms. The van der Waals surface area contributed by atoms with Crippen molar-refractivity contribution in [2.45, 2.75) is 13.3 Å². The van der Waals surface area contributed by atoms with Crippen LogP contribution in [0.3, 0.4) is 0 Å². The lowest BCUT2D eigenvalue weighted by atomic mass is 10.3. The van der Waals surface area contributed by atoms with Crippen molar-refractivity contribution >= 4 is 16.1 Å². The molecule has 0 aliphatic heterocycles. The summed E-state index contributed by atoms with van der Waals surface area (Å²) in [5, 5.41) is 0. The van der Waals surface area contributed by atoms with Crippen molar-refractivity contribution in [3.05, 3.63) is 24.3 Å². The van der Waals surface area contributed by atoms with E-state index in [1.54, 1.807) is 7.11 Å². The van der Waals surface area contributed by atoms with Gasteiger partial charge in [-0.3, -0.25) is 0 Å². The lowest BCUT2D eigenvalue weighted by Gasteiger charge is -2.20. The van der Waals surface area contributed by atoms with Gasteiger partial charge in [-0.1, -0.05) is 19.1 Å². The van der Waals surface area contributed by atoms with E-state index in [4.69, 9.17) is 4.74 Å². The van der Waals surface area contributed by atoms with Crippen molar-refractivity contribution < 1.29 is 4.74 Å². The highest BCUT2D eigenvalue weighted by Crippen LogP contribution is 2.25. The molecule has 0 atom stereocenters. The molecular weight excluding hydrogens is 178 g/mol. The zero-order valence-electron chi connectivity index (χ0n) is 8.08. The molecule has 0 N–H and O–H groups in total. The summed E-state index contributed by atoms with van der Waals surface area (Å²) >= 11 is 0. The molecule has 2 nitrogen and oxygen atoms in total. The Balaban J connectivity index is 2.85. The smallest absolute Gasteiger partial charge is 0.189 e. The molecule has 3 radical (unpaired) electrons. The second-order valence-corrected chi connectivity index (χ2v) is 3.36. The Morgan fingerprint density at radius 1 is 1.38 bits per heavy atom. The van der Waals surface area contributed by atoms with E-state index in [-0.39, 0.29) is 0 Å². The molecule has 0 aromatic heterocycles. The third kappa shape index (κ3) is 2.49. The van der Waals surface area contributed by atoms with E-state index < -0.39 is 0 Å². The maximum atomic E-state index is 5.24. The summed E-state index contributed by atoms with van der Waals surface area (Å²) in [6.07, 6.45) is 1.10. The highest BCUT2D eigenvalue weighted by atomic mass is 28.2. The number of para-hydroxylation sites is 2. The summed E-state index contributed by atoms with van der Waals surface area (Å²) in [6.45, 7) is 3.11. The van der Waals surface area contributed by atoms with Crippen LogP contribution in [0.5, 0.6) is 5.75 Å². The Hall–Kier alpha value is -0.963. The topological polar surface area (TPSA) is 12.5 Å². The van der Waals surface area contributed by atoms with E-state index in [1.165, 1.54) is 0 Å². The number of anilines is 1. The Morgan fingerprint density at radius 3 is 2.69 bits per heavy atom. The number of benzene rings is 1. The maximum absolute atomic E-state index is 5.24. The summed E-state index contributed by atoms with van der Waals surface area (Å²) < 4.78 is 7.25. The van der Waals surface area contributed by atoms with Gasteiger partial charge in [0.1, 0.15) is 5.75 Å². The van der Waals surface area contributed by atoms with Gasteiger partial charge in [0.2, 0.25) is 0 Å². The predicted octanol–water partition coefficient (Wildman–Crippen LogP) is 2.00. The van der Waals surface area contributed by atoms with Crippen LogP contribution in [-0.2, 0) is 0 Å². The fourth-order valence-corrected chi connectivity index (χ4v) is 1.61. The molecule has 0 amide bonds. The number of hydrogen-bond donors (Lipinski definition) is 0. The summed E-state index contributed by atoms with van der Waals surface area (Å²) in [7, 11) is 5.23. The van der Waals surface area contributed by atoms with Gasteiger partial charge >= 0.3 is 0 Å². The molecule has 0 aliphatic carbocycles. The molecule has 69 valence electrons. The Bertz CT molecular complexity index is 265. The van der Waals surface area contributed by atoms with Crippen LogP contribution >= 0.6 is 0 Å². The van der Waals surface area contributed by atoms with Gasteiger partial charge in [-0.25, -0.2) is 0 Å². The monoisotopic (exact) mass is 192 g/mol. The first-order valence-electron chi connectivity index (χ1n) is 4.41. The lowest BCUT2D eigenvalue weighted by Crippen LogP contribution is -2.20. The summed E-state index contributed by atoms with van der Waals surface area (Å²) in [6, 6.07) is 7.95. The molecule has 0 unspecified atom stereocenters. The second-order valence-electron chi connectivity index (χ2n) is 2.82. The molecule has 1 aromatic carbocycles. The highest BCUT2D eigenvalue weighted by Gasteiger charge is 2.04. The number of hydrogen-bond acceptors (Lipinski definition) is 2. The van der Waals surface area contributed by atoms with Crippen molar-refractivity contribution in [3.63, 3.8) is 0 Å². The third-order valence-corrected chi connectivity index (χ3v) is 2.29. The minimum Gasteiger partial charge on any atom is -0.495 e. The van der Waals surface area contributed by atoms with Gasteiger partial charge < -0.3 is 9.30 Å². The third-order valence-electron chi connectivity index (χ3n) is 1.82. The predicted molar refractivity (Wildman–Crippen MR) is 56.4 cm³/mol. The Kier molecular flexibility index (Phi) is 3.83. The highest BCUT2D eigenvalue weighted by molar-refractivity contribution is 6.18. The number of methoxy groups -OCH3 is 1. The van der Waals surface area contributed by atoms with Crippen LogP contribution in [0.2, 0.25) is 0 Å². The van der Waals surface area contributed by atoms with Crippen LogP contribution in [0.4, 0.5) is 5.69 Å². The second kappa shape index (κ2) is 4.92. The normalized spacial score (nSPS) is 9.77. The minimum atomic E-state index is 0.894. The summed E-state index contributed by atoms with van der Waals surface area (Å²) in [4.78, 5) is 0. The lowest BCUT2D eigenvalue weighted by molar-refractivity contribution is 0.415. The van der Waals surface area contributed by atoms with Crippen molar-refractivity contribution in [1.29, 1.82) is 0 Å². The van der Waals surface area contributed by atoms with Gasteiger partial charge in [0.05, 0.1) is 12.8 Å². The van der Waals surface area contributed by atoms with Gasteiger partial charge in [0.25, 0.3) is 0 Å². The first-order chi connectivity index (χ1) is 6.29. The minimum absolute atomic E-state index is 0.894. The van der Waals surface area contributed by atoms with Gasteiger partial charge in [0.15, 0.2) is 10.4 Å². The standard InChI is InChI=1S/C10H14NOSi/c1-3-8-11(13)9-6-4-5-7-10(9)12-2/h4-7H,3,8H2,1-2H3. The fraction of sp³-hybridized carbons (Fsp3) is 0.400. The van der Waals surface area contributed by atoms with Gasteiger partial charge in [-0.2, -0.15) is 0 Å². The zero-order valence-corrected chi connectivity index (χ0v) is 9.08. The molecule has 0 saturated heterocycles. The van der Waals surface area contributed by atoms with E-state index in [9.17, 15) is 0 Å². The first kappa shape index (κ1) is 10.1. The SMILES string of the molecule is CCCN([Si])c1ccccc1OC. The molecular formula is C10H14NOSi. The molecule has 1 rings (SSSR count). The van der Waals surface area contributed by atoms with Crippen molar-refractivity contribution in [2.75, 3.05) is 18.2 Å². The molecule has 0 fully saturated rings. The van der Waals surface area contributed by atoms with E-state index in [1.807, 2.05) is 28.8 Å². The van der Waals surface area contributed by atoms with Crippen LogP contribution in [0.25, 0.3) is 0 Å². The van der Waals surface area contributed by atoms with Crippen molar-refractivity contribution in [3.8, 4) is 5.75 Å². The van der Waals surface area contributed by atoms with Gasteiger partial charge in [-0.15, -0.1) is 0 Å². The quantitative estimate of drug-likeness (QED) is 0.677. The van der Waals surface area contributed by atoms with Crippen LogP contribution in [0, 0.1) is 0 Å². The largest absolute Gasteiger partial charge is 0.495 e.